The Balaban J connectivity index is 0.00000121. The summed E-state index contributed by atoms with van der Waals surface area (Å²) in [6.45, 7) is 17.0. The maximum atomic E-state index is 3.72. The van der Waals surface area contributed by atoms with Crippen LogP contribution >= 0.6 is 0 Å². The Morgan fingerprint density at radius 1 is 1.18 bits per heavy atom. The lowest BCUT2D eigenvalue weighted by Gasteiger charge is -2.30. The molecule has 1 rings (SSSR count). The van der Waals surface area contributed by atoms with E-state index < -0.39 is 0 Å². The average molecular weight is 242 g/mol. The summed E-state index contributed by atoms with van der Waals surface area (Å²) in [4.78, 5) is 2.61. The van der Waals surface area contributed by atoms with Crippen molar-refractivity contribution in [3.63, 3.8) is 0 Å². The highest BCUT2D eigenvalue weighted by molar-refractivity contribution is 4.87. The van der Waals surface area contributed by atoms with Crippen LogP contribution in [0, 0.1) is 0 Å². The third-order valence-electron chi connectivity index (χ3n) is 3.66. The highest BCUT2D eigenvalue weighted by atomic mass is 15.2. The Labute approximate surface area is 109 Å². The van der Waals surface area contributed by atoms with Gasteiger partial charge in [-0.3, -0.25) is 0 Å². The Morgan fingerprint density at radius 2 is 1.82 bits per heavy atom. The molecule has 1 saturated heterocycles. The van der Waals surface area contributed by atoms with Crippen LogP contribution in [0.2, 0.25) is 0 Å². The first-order valence-electron chi connectivity index (χ1n) is 7.56. The highest BCUT2D eigenvalue weighted by Crippen LogP contribution is 2.22. The van der Waals surface area contributed by atoms with E-state index in [1.54, 1.807) is 0 Å². The third kappa shape index (κ3) is 6.42. The molecule has 0 aromatic heterocycles. The molecule has 0 saturated carbocycles. The molecule has 1 aliphatic heterocycles. The molecule has 0 spiro atoms. The number of hydrogen-bond donors (Lipinski definition) is 1. The molecule has 0 aromatic carbocycles. The second kappa shape index (κ2) is 8.93. The molecule has 1 unspecified atom stereocenters. The van der Waals surface area contributed by atoms with Crippen LogP contribution in [0.4, 0.5) is 0 Å². The molecular formula is C15H34N2. The van der Waals surface area contributed by atoms with Crippen molar-refractivity contribution < 1.29 is 0 Å². The maximum absolute atomic E-state index is 3.72. The lowest BCUT2D eigenvalue weighted by molar-refractivity contribution is 0.221. The van der Waals surface area contributed by atoms with Gasteiger partial charge in [0.15, 0.2) is 0 Å². The zero-order chi connectivity index (χ0) is 13.3. The monoisotopic (exact) mass is 242 g/mol. The predicted octanol–water partition coefficient (Wildman–Crippen LogP) is 3.67. The van der Waals surface area contributed by atoms with Crippen LogP contribution in [0.15, 0.2) is 0 Å². The first kappa shape index (κ1) is 16.9. The van der Waals surface area contributed by atoms with Crippen LogP contribution in [-0.4, -0.2) is 36.1 Å². The normalized spacial score (nSPS) is 26.3. The van der Waals surface area contributed by atoms with E-state index in [1.807, 2.05) is 13.8 Å². The average Bonchev–Trinajstić information content (AvgIpc) is 2.52. The first-order chi connectivity index (χ1) is 8.07. The topological polar surface area (TPSA) is 15.3 Å². The van der Waals surface area contributed by atoms with Crippen molar-refractivity contribution >= 4 is 0 Å². The number of hydrogen-bond acceptors (Lipinski definition) is 2. The van der Waals surface area contributed by atoms with E-state index in [9.17, 15) is 0 Å². The van der Waals surface area contributed by atoms with Crippen molar-refractivity contribution in [2.75, 3.05) is 19.6 Å². The van der Waals surface area contributed by atoms with Crippen LogP contribution in [0.25, 0.3) is 0 Å². The zero-order valence-electron chi connectivity index (χ0n) is 13.0. The van der Waals surface area contributed by atoms with Gasteiger partial charge in [0, 0.05) is 18.1 Å². The standard InChI is InChI=1S/C13H28N2.C2H6/c1-5-9-14-13(4)7-6-10-15(11-8-13)12(2)3;1-2/h12,14H,5-11H2,1-4H3;1-2H3. The summed E-state index contributed by atoms with van der Waals surface area (Å²) in [6, 6.07) is 0.707. The smallest absolute Gasteiger partial charge is 0.0166 e. The van der Waals surface area contributed by atoms with Crippen LogP contribution in [0.1, 0.15) is 67.2 Å². The summed E-state index contributed by atoms with van der Waals surface area (Å²) >= 11 is 0. The fraction of sp³-hybridized carbons (Fsp3) is 1.00. The molecular weight excluding hydrogens is 208 g/mol. The fourth-order valence-electron chi connectivity index (χ4n) is 2.42. The van der Waals surface area contributed by atoms with E-state index in [4.69, 9.17) is 0 Å². The summed E-state index contributed by atoms with van der Waals surface area (Å²) in [5.41, 5.74) is 0.389. The van der Waals surface area contributed by atoms with Gasteiger partial charge < -0.3 is 10.2 Å². The highest BCUT2D eigenvalue weighted by Gasteiger charge is 2.27. The first-order valence-corrected chi connectivity index (χ1v) is 7.56. The summed E-state index contributed by atoms with van der Waals surface area (Å²) in [5.74, 6) is 0. The molecule has 0 bridgehead atoms. The molecule has 0 amide bonds. The zero-order valence-corrected chi connectivity index (χ0v) is 13.0. The Morgan fingerprint density at radius 3 is 2.35 bits per heavy atom. The van der Waals surface area contributed by atoms with Crippen LogP contribution < -0.4 is 5.32 Å². The SMILES string of the molecule is CC.CCCNC1(C)CCCN(C(C)C)CC1. The minimum atomic E-state index is 0.389. The van der Waals surface area contributed by atoms with Gasteiger partial charge in [-0.2, -0.15) is 0 Å². The molecule has 0 aliphatic carbocycles. The minimum Gasteiger partial charge on any atom is -0.311 e. The third-order valence-corrected chi connectivity index (χ3v) is 3.66. The van der Waals surface area contributed by atoms with Crippen LogP contribution in [0.5, 0.6) is 0 Å². The number of nitrogens with one attached hydrogen (secondary N) is 1. The molecule has 2 heteroatoms. The van der Waals surface area contributed by atoms with Gasteiger partial charge in [-0.15, -0.1) is 0 Å². The van der Waals surface area contributed by atoms with E-state index in [2.05, 4.69) is 37.9 Å². The second-order valence-electron chi connectivity index (χ2n) is 5.47. The van der Waals surface area contributed by atoms with Gasteiger partial charge in [0.05, 0.1) is 0 Å². The lowest BCUT2D eigenvalue weighted by atomic mass is 9.93. The molecule has 1 heterocycles. The molecule has 0 radical (unpaired) electrons. The van der Waals surface area contributed by atoms with Crippen LogP contribution in [0.3, 0.4) is 0 Å². The van der Waals surface area contributed by atoms with E-state index in [1.165, 1.54) is 38.8 Å². The minimum absolute atomic E-state index is 0.389. The number of likely N-dealkylation sites (tertiary alicyclic amines) is 1. The summed E-state index contributed by atoms with van der Waals surface area (Å²) in [7, 11) is 0. The van der Waals surface area contributed by atoms with Gasteiger partial charge >= 0.3 is 0 Å². The molecule has 2 nitrogen and oxygen atoms in total. The quantitative estimate of drug-likeness (QED) is 0.809. The van der Waals surface area contributed by atoms with Crippen molar-refractivity contribution in [2.45, 2.75) is 78.8 Å². The maximum Gasteiger partial charge on any atom is 0.0166 e. The Hall–Kier alpha value is -0.0800. The van der Waals surface area contributed by atoms with E-state index in [0.717, 1.165) is 6.54 Å². The molecule has 1 atom stereocenters. The van der Waals surface area contributed by atoms with Gasteiger partial charge in [-0.1, -0.05) is 20.8 Å². The van der Waals surface area contributed by atoms with Crippen molar-refractivity contribution in [3.05, 3.63) is 0 Å². The van der Waals surface area contributed by atoms with Crippen molar-refractivity contribution in [1.82, 2.24) is 10.2 Å². The van der Waals surface area contributed by atoms with Gasteiger partial charge in [-0.05, 0) is 59.5 Å². The van der Waals surface area contributed by atoms with Gasteiger partial charge in [0.25, 0.3) is 0 Å². The summed E-state index contributed by atoms with van der Waals surface area (Å²) in [6.07, 6.45) is 5.20. The summed E-state index contributed by atoms with van der Waals surface area (Å²) < 4.78 is 0. The fourth-order valence-corrected chi connectivity index (χ4v) is 2.42. The largest absolute Gasteiger partial charge is 0.311 e. The molecule has 0 aromatic rings. The van der Waals surface area contributed by atoms with Gasteiger partial charge in [-0.25, -0.2) is 0 Å². The second-order valence-corrected chi connectivity index (χ2v) is 5.47. The number of rotatable bonds is 4. The van der Waals surface area contributed by atoms with E-state index in [-0.39, 0.29) is 0 Å². The number of nitrogens with zero attached hydrogens (tertiary/aromatic N) is 1. The molecule has 104 valence electrons. The van der Waals surface area contributed by atoms with Crippen LogP contribution in [-0.2, 0) is 0 Å². The molecule has 17 heavy (non-hydrogen) atoms. The Bertz CT molecular complexity index is 180. The van der Waals surface area contributed by atoms with E-state index >= 15 is 0 Å². The molecule has 1 N–H and O–H groups in total. The Kier molecular flexibility index (Phi) is 8.89. The molecule has 1 aliphatic rings. The van der Waals surface area contributed by atoms with Crippen molar-refractivity contribution in [2.24, 2.45) is 0 Å². The van der Waals surface area contributed by atoms with Gasteiger partial charge in [0.1, 0.15) is 0 Å². The van der Waals surface area contributed by atoms with Crippen molar-refractivity contribution in [1.29, 1.82) is 0 Å². The predicted molar refractivity (Wildman–Crippen MR) is 78.6 cm³/mol. The van der Waals surface area contributed by atoms with Crippen molar-refractivity contribution in [3.8, 4) is 0 Å². The van der Waals surface area contributed by atoms with E-state index in [0.29, 0.717) is 11.6 Å². The van der Waals surface area contributed by atoms with Gasteiger partial charge in [0.2, 0.25) is 0 Å². The molecule has 1 fully saturated rings. The summed E-state index contributed by atoms with van der Waals surface area (Å²) in [5, 5.41) is 3.72. The lowest BCUT2D eigenvalue weighted by Crippen LogP contribution is -2.43.